The summed E-state index contributed by atoms with van der Waals surface area (Å²) >= 11 is 0. The summed E-state index contributed by atoms with van der Waals surface area (Å²) in [6, 6.07) is 14.3. The Morgan fingerprint density at radius 2 is 1.69 bits per heavy atom. The molecule has 3 saturated heterocycles. The molecule has 6 amide bonds. The summed E-state index contributed by atoms with van der Waals surface area (Å²) in [6.07, 6.45) is 8.21. The van der Waals surface area contributed by atoms with Gasteiger partial charge in [0.2, 0.25) is 11.8 Å². The van der Waals surface area contributed by atoms with Crippen LogP contribution in [0.2, 0.25) is 0 Å². The highest BCUT2D eigenvalue weighted by Gasteiger charge is 2.47. The molecule has 0 radical (unpaired) electrons. The number of ether oxygens (including phenoxy) is 1. The Labute approximate surface area is 446 Å². The first-order valence-corrected chi connectivity index (χ1v) is 26.4. The molecule has 6 aliphatic rings. The maximum atomic E-state index is 14.1. The number of methoxy groups -OCH3 is 1. The van der Waals surface area contributed by atoms with Crippen LogP contribution in [0.15, 0.2) is 73.6 Å². The van der Waals surface area contributed by atoms with Crippen molar-refractivity contribution in [3.63, 3.8) is 0 Å². The Morgan fingerprint density at radius 3 is 2.44 bits per heavy atom. The summed E-state index contributed by atoms with van der Waals surface area (Å²) in [7, 11) is 2.88. The highest BCUT2D eigenvalue weighted by Crippen LogP contribution is 2.42. The molecule has 3 N–H and O–H groups in total. The zero-order valence-electron chi connectivity index (χ0n) is 44.3. The third-order valence-electron chi connectivity index (χ3n) is 16.5. The number of nitrogens with one attached hydrogen (secondary N) is 2. The first-order valence-electron chi connectivity index (χ1n) is 26.4. The van der Waals surface area contributed by atoms with Crippen LogP contribution in [0.5, 0.6) is 5.88 Å². The van der Waals surface area contributed by atoms with Gasteiger partial charge in [-0.2, -0.15) is 0 Å². The van der Waals surface area contributed by atoms with Gasteiger partial charge >= 0.3 is 0 Å². The first kappa shape index (κ1) is 51.2. The second kappa shape index (κ2) is 19.9. The van der Waals surface area contributed by atoms with E-state index in [4.69, 9.17) is 9.72 Å². The van der Waals surface area contributed by atoms with Crippen molar-refractivity contribution < 1.29 is 38.6 Å². The van der Waals surface area contributed by atoms with E-state index in [2.05, 4.69) is 74.1 Å². The maximum absolute atomic E-state index is 14.1. The minimum absolute atomic E-state index is 0.0694. The van der Waals surface area contributed by atoms with Gasteiger partial charge in [-0.05, 0) is 112 Å². The highest BCUT2D eigenvalue weighted by molar-refractivity contribution is 6.23. The molecule has 20 heteroatoms. The molecule has 2 aromatic carbocycles. The van der Waals surface area contributed by atoms with Gasteiger partial charge in [0.15, 0.2) is 5.82 Å². The number of fused-ring (bicyclic) bond motifs is 4. The molecule has 77 heavy (non-hydrogen) atoms. The van der Waals surface area contributed by atoms with Crippen molar-refractivity contribution in [2.24, 2.45) is 5.41 Å². The number of imide groups is 2. The summed E-state index contributed by atoms with van der Waals surface area (Å²) in [5.74, 6) is -1.54. The molecule has 0 spiro atoms. The van der Waals surface area contributed by atoms with Gasteiger partial charge in [0, 0.05) is 105 Å². The molecule has 5 aliphatic heterocycles. The third kappa shape index (κ3) is 9.05. The van der Waals surface area contributed by atoms with Gasteiger partial charge in [-0.3, -0.25) is 48.4 Å². The van der Waals surface area contributed by atoms with Crippen LogP contribution in [0.3, 0.4) is 0 Å². The topological polar surface area (TPSA) is 219 Å². The van der Waals surface area contributed by atoms with Crippen molar-refractivity contribution in [2.45, 2.75) is 104 Å². The van der Waals surface area contributed by atoms with E-state index in [1.54, 1.807) is 35.5 Å². The summed E-state index contributed by atoms with van der Waals surface area (Å²) in [5.41, 5.74) is 8.06. The van der Waals surface area contributed by atoms with Crippen LogP contribution in [0.4, 0.5) is 34.4 Å². The Hall–Kier alpha value is -7.97. The molecule has 0 saturated carbocycles. The second-order valence-electron chi connectivity index (χ2n) is 21.9. The standard InChI is InChI=1S/C57H64N12O8/c1-8-48(71)61-42-25-35(60-50-52(77-7)59-29-43(62-50)38-15-17-58-51(41(38)31-70)68-22-21-67-46(56(68)76)24-34-27-57(4,5)28-47(34)67)9-12-44(42)66-20-19-64(30-33(66)3)36-16-18-65(32(2)23-36)37-10-11-39-40(26-37)54(74)69(53(39)73)45-13-14-49(72)63(6)55(45)75/h8-12,15,17,24-26,29,32-33,36,45,70H,1,13-14,16,18-23,27-28,30-31H2,2-7H3,(H,60,62)(H,61,71)/t32-,33-,36?,45?/m0/s1. The summed E-state index contributed by atoms with van der Waals surface area (Å²) < 4.78 is 7.82. The van der Waals surface area contributed by atoms with Crippen LogP contribution in [-0.4, -0.2) is 146 Å². The van der Waals surface area contributed by atoms with Crippen molar-refractivity contribution >= 4 is 69.8 Å². The first-order chi connectivity index (χ1) is 37.0. The van der Waals surface area contributed by atoms with Crippen molar-refractivity contribution in [1.82, 2.24) is 34.2 Å². The largest absolute Gasteiger partial charge is 0.478 e. The number of rotatable bonds is 12. The number of piperazine rings is 1. The number of aliphatic hydroxyl groups excluding tert-OH is 1. The van der Waals surface area contributed by atoms with Crippen molar-refractivity contribution in [3.05, 3.63) is 107 Å². The minimum Gasteiger partial charge on any atom is -0.478 e. The third-order valence-corrected chi connectivity index (χ3v) is 16.5. The summed E-state index contributed by atoms with van der Waals surface area (Å²) in [5, 5.41) is 17.3. The number of nitrogens with zero attached hydrogens (tertiary/aromatic N) is 10. The lowest BCUT2D eigenvalue weighted by molar-refractivity contribution is -0.149. The number of hydrogen-bond acceptors (Lipinski definition) is 15. The zero-order chi connectivity index (χ0) is 54.2. The van der Waals surface area contributed by atoms with Gasteiger partial charge in [0.1, 0.15) is 17.6 Å². The maximum Gasteiger partial charge on any atom is 0.276 e. The van der Waals surface area contributed by atoms with Crippen LogP contribution in [0, 0.1) is 5.41 Å². The molecule has 2 unspecified atom stereocenters. The Morgan fingerprint density at radius 1 is 0.883 bits per heavy atom. The van der Waals surface area contributed by atoms with Crippen LogP contribution in [0.1, 0.15) is 101 Å². The molecular formula is C57H64N12O8. The number of carbonyl (C=O) groups is 6. The predicted molar refractivity (Wildman–Crippen MR) is 290 cm³/mol. The molecule has 4 atom stereocenters. The average Bonchev–Trinajstić information content (AvgIpc) is 4.04. The van der Waals surface area contributed by atoms with Gasteiger partial charge < -0.3 is 34.8 Å². The number of anilines is 6. The second-order valence-corrected chi connectivity index (χ2v) is 21.9. The van der Waals surface area contributed by atoms with E-state index < -0.39 is 30.4 Å². The van der Waals surface area contributed by atoms with Gasteiger partial charge in [0.25, 0.3) is 29.5 Å². The molecule has 20 nitrogen and oxygen atoms in total. The fraction of sp³-hybridized carbons (Fsp3) is 0.421. The highest BCUT2D eigenvalue weighted by atomic mass is 16.5. The Bertz CT molecular complexity index is 3300. The fourth-order valence-corrected chi connectivity index (χ4v) is 12.6. The minimum atomic E-state index is -1.00. The number of pyridine rings is 1. The number of carbonyl (C=O) groups excluding carboxylic acids is 6. The van der Waals surface area contributed by atoms with Gasteiger partial charge in [-0.1, -0.05) is 20.4 Å². The molecule has 400 valence electrons. The molecular weight excluding hydrogens is 981 g/mol. The van der Waals surface area contributed by atoms with Gasteiger partial charge in [0.05, 0.1) is 48.1 Å². The number of likely N-dealkylation sites (N-methyl/N-ethyl adjacent to an activating group) is 1. The monoisotopic (exact) mass is 1040 g/mol. The van der Waals surface area contributed by atoms with E-state index in [0.29, 0.717) is 71.2 Å². The SMILES string of the molecule is C=CC(=O)Nc1cc(Nc2nc(-c3ccnc(N4CCn5c(cc6c5CC(C)(C)C6)C4=O)c3CO)cnc2OC)ccc1N1CCN(C2CCN(c3ccc4c(c3)C(=O)N(C3CCC(=O)N(C)C3=O)C4=O)[C@@H](C)C2)C[C@@H]1C. The lowest BCUT2D eigenvalue weighted by Crippen LogP contribution is -2.58. The van der Waals surface area contributed by atoms with Crippen LogP contribution in [0.25, 0.3) is 11.3 Å². The number of benzene rings is 2. The van der Waals surface area contributed by atoms with E-state index in [1.165, 1.54) is 31.5 Å². The molecule has 3 fully saturated rings. The van der Waals surface area contributed by atoms with Crippen LogP contribution < -0.4 is 30.1 Å². The van der Waals surface area contributed by atoms with Crippen molar-refractivity contribution in [1.29, 1.82) is 0 Å². The number of piperidine rings is 2. The number of amides is 6. The molecule has 11 rings (SSSR count). The smallest absolute Gasteiger partial charge is 0.276 e. The van der Waals surface area contributed by atoms with E-state index in [0.717, 1.165) is 66.5 Å². The predicted octanol–water partition coefficient (Wildman–Crippen LogP) is 5.81. The number of aliphatic hydroxyl groups is 1. The van der Waals surface area contributed by atoms with Crippen LogP contribution >= 0.6 is 0 Å². The molecule has 5 aromatic rings. The summed E-state index contributed by atoms with van der Waals surface area (Å²) in [6.45, 7) is 16.2. The van der Waals surface area contributed by atoms with E-state index in [-0.39, 0.29) is 65.1 Å². The Kier molecular flexibility index (Phi) is 13.2. The molecule has 8 heterocycles. The quantitative estimate of drug-likeness (QED) is 0.0993. The lowest BCUT2D eigenvalue weighted by Gasteiger charge is -2.48. The average molecular weight is 1050 g/mol. The number of aromatic nitrogens is 4. The zero-order valence-corrected chi connectivity index (χ0v) is 44.3. The fourth-order valence-electron chi connectivity index (χ4n) is 12.6. The van der Waals surface area contributed by atoms with Crippen molar-refractivity contribution in [2.75, 3.05) is 72.2 Å². The number of hydrogen-bond donors (Lipinski definition) is 3. The van der Waals surface area contributed by atoms with E-state index >= 15 is 0 Å². The number of likely N-dealkylation sites (tertiary alicyclic amines) is 1. The van der Waals surface area contributed by atoms with Crippen molar-refractivity contribution in [3.8, 4) is 17.1 Å². The lowest BCUT2D eigenvalue weighted by atomic mass is 9.90. The normalized spacial score (nSPS) is 22.3. The molecule has 1 aliphatic carbocycles. The molecule has 3 aromatic heterocycles. The van der Waals surface area contributed by atoms with Crippen LogP contribution in [-0.2, 0) is 40.4 Å². The molecule has 0 bridgehead atoms. The summed E-state index contributed by atoms with van der Waals surface area (Å²) in [4.78, 5) is 104. The van der Waals surface area contributed by atoms with E-state index in [1.807, 2.05) is 30.3 Å². The van der Waals surface area contributed by atoms with Gasteiger partial charge in [-0.15, -0.1) is 0 Å². The Balaban J connectivity index is 0.770. The van der Waals surface area contributed by atoms with Gasteiger partial charge in [-0.25, -0.2) is 15.0 Å². The van der Waals surface area contributed by atoms with E-state index in [9.17, 15) is 33.9 Å².